The lowest BCUT2D eigenvalue weighted by Gasteiger charge is -2.01. The molecule has 0 saturated carbocycles. The highest BCUT2D eigenvalue weighted by atomic mass is 19.1. The molecule has 0 radical (unpaired) electrons. The van der Waals surface area contributed by atoms with Crippen LogP contribution >= 0.6 is 0 Å². The van der Waals surface area contributed by atoms with Crippen molar-refractivity contribution in [2.75, 3.05) is 0 Å². The molecule has 0 aliphatic rings. The molecule has 2 aromatic rings. The molecule has 1 heterocycles. The Hall–Kier alpha value is -2.04. The Balaban J connectivity index is 2.42. The van der Waals surface area contributed by atoms with Gasteiger partial charge in [0.25, 0.3) is 0 Å². The third-order valence-electron chi connectivity index (χ3n) is 1.94. The van der Waals surface area contributed by atoms with Gasteiger partial charge >= 0.3 is 0 Å². The van der Waals surface area contributed by atoms with Crippen LogP contribution in [0.15, 0.2) is 30.6 Å². The molecule has 4 nitrogen and oxygen atoms in total. The summed E-state index contributed by atoms with van der Waals surface area (Å²) < 4.78 is 14.9. The quantitative estimate of drug-likeness (QED) is 0.749. The Bertz CT molecular complexity index is 476. The third-order valence-corrected chi connectivity index (χ3v) is 1.94. The summed E-state index contributed by atoms with van der Waals surface area (Å²) in [6.07, 6.45) is 4.91. The van der Waals surface area contributed by atoms with Crippen molar-refractivity contribution in [3.8, 4) is 5.69 Å². The fourth-order valence-corrected chi connectivity index (χ4v) is 1.25. The highest BCUT2D eigenvalue weighted by Crippen LogP contribution is 2.14. The average molecular weight is 204 g/mol. The number of halogens is 1. The Kier molecular flexibility index (Phi) is 2.53. The van der Waals surface area contributed by atoms with E-state index in [0.717, 1.165) is 0 Å². The number of rotatable bonds is 2. The molecule has 2 rings (SSSR count). The van der Waals surface area contributed by atoms with Gasteiger partial charge in [-0.1, -0.05) is 12.2 Å². The number of hydrogen-bond donors (Lipinski definition) is 0. The standard InChI is InChI=1S/C10H9FN4/c1-2-3-8-4-5-9(6-10(8)11)15-7-12-13-14-15/h2-7H,1H3/b3-2+. The van der Waals surface area contributed by atoms with E-state index in [1.54, 1.807) is 24.3 Å². The predicted molar refractivity (Wildman–Crippen MR) is 53.8 cm³/mol. The van der Waals surface area contributed by atoms with Crippen LogP contribution in [-0.2, 0) is 0 Å². The van der Waals surface area contributed by atoms with E-state index < -0.39 is 0 Å². The minimum Gasteiger partial charge on any atom is -0.206 e. The molecule has 1 aromatic heterocycles. The lowest BCUT2D eigenvalue weighted by Crippen LogP contribution is -1.96. The number of aromatic nitrogens is 4. The minimum absolute atomic E-state index is 0.291. The van der Waals surface area contributed by atoms with Gasteiger partial charge in [0.05, 0.1) is 5.69 Å². The van der Waals surface area contributed by atoms with Crippen LogP contribution in [-0.4, -0.2) is 20.2 Å². The molecule has 1 aromatic carbocycles. The lowest BCUT2D eigenvalue weighted by atomic mass is 10.2. The van der Waals surface area contributed by atoms with Gasteiger partial charge in [-0.25, -0.2) is 9.07 Å². The van der Waals surface area contributed by atoms with Crippen LogP contribution in [0.3, 0.4) is 0 Å². The van der Waals surface area contributed by atoms with Gasteiger partial charge in [-0.2, -0.15) is 0 Å². The average Bonchev–Trinajstić information content (AvgIpc) is 2.74. The smallest absolute Gasteiger partial charge is 0.143 e. The van der Waals surface area contributed by atoms with Crippen molar-refractivity contribution in [2.45, 2.75) is 6.92 Å². The van der Waals surface area contributed by atoms with Gasteiger partial charge in [0.1, 0.15) is 12.1 Å². The summed E-state index contributed by atoms with van der Waals surface area (Å²) in [7, 11) is 0. The number of tetrazole rings is 1. The molecule has 0 aliphatic heterocycles. The van der Waals surface area contributed by atoms with Crippen molar-refractivity contribution in [3.05, 3.63) is 42.0 Å². The van der Waals surface area contributed by atoms with E-state index in [1.807, 2.05) is 6.92 Å². The summed E-state index contributed by atoms with van der Waals surface area (Å²) in [4.78, 5) is 0. The van der Waals surface area contributed by atoms with E-state index in [2.05, 4.69) is 15.5 Å². The lowest BCUT2D eigenvalue weighted by molar-refractivity contribution is 0.622. The zero-order valence-corrected chi connectivity index (χ0v) is 8.13. The van der Waals surface area contributed by atoms with Crippen molar-refractivity contribution in [1.82, 2.24) is 20.2 Å². The van der Waals surface area contributed by atoms with Crippen molar-refractivity contribution < 1.29 is 4.39 Å². The SMILES string of the molecule is C/C=C/c1ccc(-n2cnnn2)cc1F. The summed E-state index contributed by atoms with van der Waals surface area (Å²) in [5, 5.41) is 10.6. The number of allylic oxidation sites excluding steroid dienone is 1. The Morgan fingerprint density at radius 3 is 2.87 bits per heavy atom. The fraction of sp³-hybridized carbons (Fsp3) is 0.100. The molecule has 0 atom stereocenters. The topological polar surface area (TPSA) is 43.6 Å². The first-order valence-corrected chi connectivity index (χ1v) is 4.47. The van der Waals surface area contributed by atoms with Crippen molar-refractivity contribution >= 4 is 6.08 Å². The van der Waals surface area contributed by atoms with E-state index in [1.165, 1.54) is 17.1 Å². The second-order valence-electron chi connectivity index (χ2n) is 2.96. The highest BCUT2D eigenvalue weighted by Gasteiger charge is 2.02. The zero-order valence-electron chi connectivity index (χ0n) is 8.13. The molecule has 0 fully saturated rings. The molecule has 0 aliphatic carbocycles. The van der Waals surface area contributed by atoms with Crippen molar-refractivity contribution in [3.63, 3.8) is 0 Å². The van der Waals surface area contributed by atoms with E-state index >= 15 is 0 Å². The summed E-state index contributed by atoms with van der Waals surface area (Å²) in [5.74, 6) is -0.291. The maximum Gasteiger partial charge on any atom is 0.143 e. The van der Waals surface area contributed by atoms with Gasteiger partial charge in [0.15, 0.2) is 0 Å². The van der Waals surface area contributed by atoms with Gasteiger partial charge in [-0.3, -0.25) is 0 Å². The van der Waals surface area contributed by atoms with E-state index in [9.17, 15) is 4.39 Å². The summed E-state index contributed by atoms with van der Waals surface area (Å²) in [6, 6.07) is 4.84. The fourth-order valence-electron chi connectivity index (χ4n) is 1.25. The predicted octanol–water partition coefficient (Wildman–Crippen LogP) is 1.83. The van der Waals surface area contributed by atoms with Gasteiger partial charge in [0.2, 0.25) is 0 Å². The molecule has 0 unspecified atom stereocenters. The second kappa shape index (κ2) is 4.00. The Morgan fingerprint density at radius 1 is 1.40 bits per heavy atom. The minimum atomic E-state index is -0.291. The summed E-state index contributed by atoms with van der Waals surface area (Å²) in [6.45, 7) is 1.84. The molecule has 0 N–H and O–H groups in total. The first-order chi connectivity index (χ1) is 7.31. The molecule has 0 amide bonds. The number of benzene rings is 1. The summed E-state index contributed by atoms with van der Waals surface area (Å²) in [5.41, 5.74) is 1.15. The summed E-state index contributed by atoms with van der Waals surface area (Å²) >= 11 is 0. The Labute approximate surface area is 86.0 Å². The van der Waals surface area contributed by atoms with Gasteiger partial charge < -0.3 is 0 Å². The molecule has 15 heavy (non-hydrogen) atoms. The van der Waals surface area contributed by atoms with Crippen LogP contribution in [0.2, 0.25) is 0 Å². The van der Waals surface area contributed by atoms with Crippen molar-refractivity contribution in [2.24, 2.45) is 0 Å². The van der Waals surface area contributed by atoms with E-state index in [4.69, 9.17) is 0 Å². The van der Waals surface area contributed by atoms with Crippen LogP contribution in [0.25, 0.3) is 11.8 Å². The van der Waals surface area contributed by atoms with Gasteiger partial charge in [-0.15, -0.1) is 5.10 Å². The maximum absolute atomic E-state index is 13.5. The molecule has 0 spiro atoms. The molecule has 0 saturated heterocycles. The Morgan fingerprint density at radius 2 is 2.27 bits per heavy atom. The van der Waals surface area contributed by atoms with Gasteiger partial charge in [-0.05, 0) is 29.5 Å². The normalized spacial score (nSPS) is 11.1. The zero-order chi connectivity index (χ0) is 10.7. The monoisotopic (exact) mass is 204 g/mol. The second-order valence-corrected chi connectivity index (χ2v) is 2.96. The van der Waals surface area contributed by atoms with Crippen LogP contribution in [0, 0.1) is 5.82 Å². The molecular weight excluding hydrogens is 195 g/mol. The van der Waals surface area contributed by atoms with E-state index in [-0.39, 0.29) is 5.82 Å². The van der Waals surface area contributed by atoms with Crippen LogP contribution in [0.1, 0.15) is 12.5 Å². The van der Waals surface area contributed by atoms with Crippen molar-refractivity contribution in [1.29, 1.82) is 0 Å². The van der Waals surface area contributed by atoms with E-state index in [0.29, 0.717) is 11.3 Å². The third kappa shape index (κ3) is 1.90. The first-order valence-electron chi connectivity index (χ1n) is 4.47. The highest BCUT2D eigenvalue weighted by molar-refractivity contribution is 5.52. The van der Waals surface area contributed by atoms with Crippen LogP contribution in [0.4, 0.5) is 4.39 Å². The van der Waals surface area contributed by atoms with Gasteiger partial charge in [0, 0.05) is 11.6 Å². The molecule has 5 heteroatoms. The molecular formula is C10H9FN4. The maximum atomic E-state index is 13.5. The van der Waals surface area contributed by atoms with Crippen LogP contribution < -0.4 is 0 Å². The molecule has 0 bridgehead atoms. The number of nitrogens with zero attached hydrogens (tertiary/aromatic N) is 4. The largest absolute Gasteiger partial charge is 0.206 e. The first kappa shape index (κ1) is 9.51. The molecule has 76 valence electrons. The van der Waals surface area contributed by atoms with Crippen LogP contribution in [0.5, 0.6) is 0 Å². The number of hydrogen-bond acceptors (Lipinski definition) is 3.